The van der Waals surface area contributed by atoms with E-state index in [2.05, 4.69) is 10.1 Å². The maximum Gasteiger partial charge on any atom is 0.0892 e. The predicted octanol–water partition coefficient (Wildman–Crippen LogP) is 2.63. The first-order valence-electron chi connectivity index (χ1n) is 6.02. The van der Waals surface area contributed by atoms with E-state index < -0.39 is 0 Å². The third-order valence-corrected chi connectivity index (χ3v) is 3.52. The van der Waals surface area contributed by atoms with Crippen LogP contribution in [0.4, 0.5) is 0 Å². The van der Waals surface area contributed by atoms with Gasteiger partial charge in [-0.2, -0.15) is 5.10 Å². The van der Waals surface area contributed by atoms with Crippen LogP contribution in [0.2, 0.25) is 5.02 Å². The van der Waals surface area contributed by atoms with Crippen LogP contribution in [0.1, 0.15) is 17.2 Å². The smallest absolute Gasteiger partial charge is 0.0892 e. The lowest BCUT2D eigenvalue weighted by atomic mass is 10.0. The minimum atomic E-state index is -0.151. The normalized spacial score (nSPS) is 12.7. The summed E-state index contributed by atoms with van der Waals surface area (Å²) in [5.74, 6) is 0. The Morgan fingerprint density at radius 2 is 2.11 bits per heavy atom. The number of fused-ring (bicyclic) bond motifs is 1. The average Bonchev–Trinajstić information content (AvgIpc) is 2.85. The molecule has 4 nitrogen and oxygen atoms in total. The van der Waals surface area contributed by atoms with Crippen LogP contribution in [0, 0.1) is 0 Å². The van der Waals surface area contributed by atoms with Gasteiger partial charge in [-0.1, -0.05) is 29.8 Å². The van der Waals surface area contributed by atoms with Crippen molar-refractivity contribution in [2.75, 3.05) is 0 Å². The van der Waals surface area contributed by atoms with E-state index in [1.54, 1.807) is 29.3 Å². The van der Waals surface area contributed by atoms with Gasteiger partial charge in [0.1, 0.15) is 0 Å². The van der Waals surface area contributed by atoms with Crippen molar-refractivity contribution < 1.29 is 0 Å². The van der Waals surface area contributed by atoms with Gasteiger partial charge in [0.15, 0.2) is 0 Å². The number of hydrogen-bond donors (Lipinski definition) is 1. The summed E-state index contributed by atoms with van der Waals surface area (Å²) >= 11 is 6.16. The Labute approximate surface area is 115 Å². The van der Waals surface area contributed by atoms with Crippen LogP contribution in [-0.2, 0) is 6.42 Å². The van der Waals surface area contributed by atoms with Gasteiger partial charge in [-0.25, -0.2) is 4.52 Å². The number of rotatable bonds is 3. The summed E-state index contributed by atoms with van der Waals surface area (Å²) in [4.78, 5) is 4.11. The number of nitrogens with zero attached hydrogens (tertiary/aromatic N) is 3. The van der Waals surface area contributed by atoms with Crippen LogP contribution < -0.4 is 5.73 Å². The molecule has 0 bridgehead atoms. The highest BCUT2D eigenvalue weighted by Gasteiger charge is 2.14. The summed E-state index contributed by atoms with van der Waals surface area (Å²) in [6.45, 7) is 0. The van der Waals surface area contributed by atoms with Crippen LogP contribution in [0.5, 0.6) is 0 Å². The van der Waals surface area contributed by atoms with Gasteiger partial charge in [-0.15, -0.1) is 0 Å². The summed E-state index contributed by atoms with van der Waals surface area (Å²) in [7, 11) is 0. The van der Waals surface area contributed by atoms with E-state index in [9.17, 15) is 0 Å². The molecule has 1 aromatic carbocycles. The Hall–Kier alpha value is -1.91. The molecule has 0 aliphatic heterocycles. The Kier molecular flexibility index (Phi) is 3.19. The lowest BCUT2D eigenvalue weighted by Crippen LogP contribution is -2.13. The molecule has 0 radical (unpaired) electrons. The first-order chi connectivity index (χ1) is 9.25. The van der Waals surface area contributed by atoms with E-state index in [1.807, 2.05) is 24.3 Å². The van der Waals surface area contributed by atoms with Crippen molar-refractivity contribution in [1.29, 1.82) is 0 Å². The van der Waals surface area contributed by atoms with E-state index in [0.29, 0.717) is 6.42 Å². The monoisotopic (exact) mass is 272 g/mol. The van der Waals surface area contributed by atoms with Crippen molar-refractivity contribution in [3.8, 4) is 0 Å². The van der Waals surface area contributed by atoms with Crippen LogP contribution >= 0.6 is 11.6 Å². The van der Waals surface area contributed by atoms with Crippen molar-refractivity contribution in [1.82, 2.24) is 14.6 Å². The van der Waals surface area contributed by atoms with E-state index in [-0.39, 0.29) is 6.04 Å². The van der Waals surface area contributed by atoms with Gasteiger partial charge < -0.3 is 5.73 Å². The first-order valence-corrected chi connectivity index (χ1v) is 6.40. The van der Waals surface area contributed by atoms with E-state index in [1.165, 1.54) is 0 Å². The molecule has 96 valence electrons. The van der Waals surface area contributed by atoms with Gasteiger partial charge in [0.25, 0.3) is 0 Å². The highest BCUT2D eigenvalue weighted by atomic mass is 35.5. The SMILES string of the molecule is NC(Cc1ccccc1Cl)c1cnn2ccncc12. The van der Waals surface area contributed by atoms with E-state index in [0.717, 1.165) is 21.7 Å². The minimum absolute atomic E-state index is 0.151. The second kappa shape index (κ2) is 4.99. The lowest BCUT2D eigenvalue weighted by Gasteiger charge is -2.11. The molecule has 19 heavy (non-hydrogen) atoms. The van der Waals surface area contributed by atoms with Crippen LogP contribution in [-0.4, -0.2) is 14.6 Å². The highest BCUT2D eigenvalue weighted by Crippen LogP contribution is 2.24. The molecular weight excluding hydrogens is 260 g/mol. The zero-order valence-electron chi connectivity index (χ0n) is 10.2. The second-order valence-electron chi connectivity index (χ2n) is 4.41. The second-order valence-corrected chi connectivity index (χ2v) is 4.82. The maximum absolute atomic E-state index is 6.27. The molecule has 1 unspecified atom stereocenters. The van der Waals surface area contributed by atoms with Gasteiger partial charge in [-0.05, 0) is 18.1 Å². The fourth-order valence-corrected chi connectivity index (χ4v) is 2.36. The first kappa shape index (κ1) is 12.1. The maximum atomic E-state index is 6.27. The highest BCUT2D eigenvalue weighted by molar-refractivity contribution is 6.31. The van der Waals surface area contributed by atoms with Crippen molar-refractivity contribution >= 4 is 17.1 Å². The number of halogens is 1. The molecule has 0 aliphatic carbocycles. The molecule has 0 aliphatic rings. The van der Waals surface area contributed by atoms with Gasteiger partial charge in [0, 0.05) is 29.0 Å². The molecule has 2 N–H and O–H groups in total. The molecule has 0 spiro atoms. The van der Waals surface area contributed by atoms with Gasteiger partial charge in [-0.3, -0.25) is 4.98 Å². The summed E-state index contributed by atoms with van der Waals surface area (Å²) in [5, 5.41) is 5.01. The molecule has 2 aromatic heterocycles. The summed E-state index contributed by atoms with van der Waals surface area (Å²) in [5.41, 5.74) is 9.22. The fraction of sp³-hybridized carbons (Fsp3) is 0.143. The van der Waals surface area contributed by atoms with Crippen LogP contribution in [0.15, 0.2) is 49.1 Å². The van der Waals surface area contributed by atoms with Crippen molar-refractivity contribution in [3.63, 3.8) is 0 Å². The van der Waals surface area contributed by atoms with E-state index in [4.69, 9.17) is 17.3 Å². The molecular formula is C14H13ClN4. The minimum Gasteiger partial charge on any atom is -0.324 e. The van der Waals surface area contributed by atoms with E-state index >= 15 is 0 Å². The fourth-order valence-electron chi connectivity index (χ4n) is 2.15. The van der Waals surface area contributed by atoms with Crippen LogP contribution in [0.25, 0.3) is 5.52 Å². The number of benzene rings is 1. The predicted molar refractivity (Wildman–Crippen MR) is 75.1 cm³/mol. The number of aromatic nitrogens is 3. The zero-order chi connectivity index (χ0) is 13.2. The third-order valence-electron chi connectivity index (χ3n) is 3.15. The molecule has 3 rings (SSSR count). The molecule has 0 saturated carbocycles. The standard InChI is InChI=1S/C14H13ClN4/c15-12-4-2-1-3-10(12)7-13(16)11-8-18-19-6-5-17-9-14(11)19/h1-6,8-9,13H,7,16H2. The topological polar surface area (TPSA) is 56.2 Å². The number of hydrogen-bond acceptors (Lipinski definition) is 3. The van der Waals surface area contributed by atoms with Crippen molar-refractivity contribution in [3.05, 3.63) is 65.2 Å². The number of nitrogens with two attached hydrogens (primary N) is 1. The Balaban J connectivity index is 1.92. The molecule has 3 aromatic rings. The molecule has 0 amide bonds. The summed E-state index contributed by atoms with van der Waals surface area (Å²) in [6, 6.07) is 7.59. The van der Waals surface area contributed by atoms with Gasteiger partial charge in [0.05, 0.1) is 17.9 Å². The lowest BCUT2D eigenvalue weighted by molar-refractivity contribution is 0.727. The molecule has 0 fully saturated rings. The molecule has 2 heterocycles. The Morgan fingerprint density at radius 3 is 2.95 bits per heavy atom. The summed E-state index contributed by atoms with van der Waals surface area (Å²) < 4.78 is 1.77. The van der Waals surface area contributed by atoms with Gasteiger partial charge >= 0.3 is 0 Å². The largest absolute Gasteiger partial charge is 0.324 e. The van der Waals surface area contributed by atoms with Crippen LogP contribution in [0.3, 0.4) is 0 Å². The average molecular weight is 273 g/mol. The molecule has 0 saturated heterocycles. The zero-order valence-corrected chi connectivity index (χ0v) is 11.0. The van der Waals surface area contributed by atoms with Gasteiger partial charge in [0.2, 0.25) is 0 Å². The van der Waals surface area contributed by atoms with Crippen molar-refractivity contribution in [2.45, 2.75) is 12.5 Å². The molecule has 1 atom stereocenters. The Morgan fingerprint density at radius 1 is 1.26 bits per heavy atom. The quantitative estimate of drug-likeness (QED) is 0.797. The molecule has 5 heteroatoms. The third kappa shape index (κ3) is 2.32. The Bertz CT molecular complexity index is 707. The van der Waals surface area contributed by atoms with Crippen molar-refractivity contribution in [2.24, 2.45) is 5.73 Å². The summed E-state index contributed by atoms with van der Waals surface area (Å²) in [6.07, 6.45) is 7.74.